The third-order valence-electron chi connectivity index (χ3n) is 10.7. The van der Waals surface area contributed by atoms with Gasteiger partial charge in [-0.25, -0.2) is 0 Å². The van der Waals surface area contributed by atoms with E-state index in [0.717, 1.165) is 57.8 Å². The Morgan fingerprint density at radius 1 is 0.787 bits per heavy atom. The fraction of sp³-hybridized carbons (Fsp3) is 0.771. The lowest BCUT2D eigenvalue weighted by atomic mass is 9.90. The summed E-state index contributed by atoms with van der Waals surface area (Å²) in [6, 6.07) is 0. The third-order valence-corrected chi connectivity index (χ3v) is 11.7. The summed E-state index contributed by atoms with van der Waals surface area (Å²) in [5, 5.41) is 20.7. The molecule has 0 aromatic rings. The molecule has 0 radical (unpaired) electrons. The lowest BCUT2D eigenvalue weighted by molar-refractivity contribution is -0.870. The molecule has 1 aliphatic rings. The molecule has 0 aromatic heterocycles. The minimum Gasteiger partial charge on any atom is -0.756 e. The molecule has 352 valence electrons. The van der Waals surface area contributed by atoms with Crippen LogP contribution < -0.4 is 4.89 Å². The summed E-state index contributed by atoms with van der Waals surface area (Å²) < 4.78 is 33.8. The van der Waals surface area contributed by atoms with Crippen LogP contribution in [0.15, 0.2) is 48.6 Å². The van der Waals surface area contributed by atoms with Crippen LogP contribution in [0.2, 0.25) is 0 Å². The van der Waals surface area contributed by atoms with Gasteiger partial charge in [0.15, 0.2) is 6.10 Å². The lowest BCUT2D eigenvalue weighted by Gasteiger charge is -2.28. The molecule has 1 saturated carbocycles. The average Bonchev–Trinajstić information content (AvgIpc) is 3.47. The number of allylic oxidation sites excluding steroid dienone is 6. The highest BCUT2D eigenvalue weighted by atomic mass is 31.2. The number of aliphatic hydroxyl groups excluding tert-OH is 2. The molecule has 0 saturated heterocycles. The van der Waals surface area contributed by atoms with Crippen LogP contribution in [-0.2, 0) is 37.5 Å². The maximum Gasteiger partial charge on any atom is 0.306 e. The Kier molecular flexibility index (Phi) is 32.4. The molecule has 61 heavy (non-hydrogen) atoms. The fourth-order valence-electron chi connectivity index (χ4n) is 6.90. The maximum atomic E-state index is 12.7. The zero-order chi connectivity index (χ0) is 45.2. The first-order valence-electron chi connectivity index (χ1n) is 23.4. The number of aliphatic hydroxyl groups is 2. The predicted molar refractivity (Wildman–Crippen MR) is 241 cm³/mol. The molecule has 0 bridgehead atoms. The normalized spacial score (nSPS) is 19.4. The standard InChI is InChI=1S/C48H84NO11P/c1-6-8-10-11-12-13-14-15-16-17-18-19-20-21-22-23-29-33-48(54)60-42(40-59-61(55,56)58-37-36-49(3,4)5)39-57-47(53)32-28-25-24-27-31-43-44(46(52)38-45(43)51)35-34-41(50)30-26-9-7-2/h12-13,15-16,24,27,34-35,41-44,46,50,52H,6-11,14,17-23,25-26,28-33,36-40H2,1-5H3/b13-12-,16-15-,27-24-,35-34+/t41-,42+,43+,44+,46+/m0/s1. The summed E-state index contributed by atoms with van der Waals surface area (Å²) in [5.74, 6) is -1.76. The molecule has 0 amide bonds. The van der Waals surface area contributed by atoms with Gasteiger partial charge in [-0.15, -0.1) is 0 Å². The Labute approximate surface area is 369 Å². The van der Waals surface area contributed by atoms with E-state index >= 15 is 0 Å². The van der Waals surface area contributed by atoms with Gasteiger partial charge in [-0.05, 0) is 64.2 Å². The number of hydrogen-bond donors (Lipinski definition) is 2. The van der Waals surface area contributed by atoms with Crippen LogP contribution in [0.5, 0.6) is 0 Å². The molecule has 0 spiro atoms. The first kappa shape index (κ1) is 56.6. The van der Waals surface area contributed by atoms with E-state index < -0.39 is 44.7 Å². The average molecular weight is 882 g/mol. The number of nitrogens with zero attached hydrogens (tertiary/aromatic N) is 1. The third kappa shape index (κ3) is 32.0. The minimum absolute atomic E-state index is 0.00358. The van der Waals surface area contributed by atoms with E-state index in [0.29, 0.717) is 43.1 Å². The Morgan fingerprint density at radius 2 is 1.38 bits per heavy atom. The summed E-state index contributed by atoms with van der Waals surface area (Å²) >= 11 is 0. The zero-order valence-electron chi connectivity index (χ0n) is 38.6. The summed E-state index contributed by atoms with van der Waals surface area (Å²) in [5.41, 5.74) is 0. The molecule has 12 nitrogen and oxygen atoms in total. The lowest BCUT2D eigenvalue weighted by Crippen LogP contribution is -2.37. The topological polar surface area (TPSA) is 169 Å². The van der Waals surface area contributed by atoms with E-state index in [1.54, 1.807) is 12.2 Å². The van der Waals surface area contributed by atoms with E-state index in [1.165, 1.54) is 38.5 Å². The Bertz CT molecular complexity index is 1340. The van der Waals surface area contributed by atoms with Gasteiger partial charge >= 0.3 is 11.9 Å². The number of esters is 2. The molecule has 6 atom stereocenters. The van der Waals surface area contributed by atoms with E-state index in [4.69, 9.17) is 18.5 Å². The molecule has 1 fully saturated rings. The summed E-state index contributed by atoms with van der Waals surface area (Å²) in [6.45, 7) is 3.77. The predicted octanol–water partition coefficient (Wildman–Crippen LogP) is 9.42. The van der Waals surface area contributed by atoms with Crippen molar-refractivity contribution in [2.24, 2.45) is 11.8 Å². The molecular formula is C48H84NO11P. The molecule has 0 aromatic carbocycles. The SMILES string of the molecule is CCCCC/C=C\C/C=C\CCCCCCCCCC(=O)O[C@H](COC(=O)CCC/C=C\C[C@H]1C(=O)C[C@@H](O)[C@@H]1/C=C/[C@@H](O)CCCCC)COP(=O)([O-])OCC[N+](C)(C)C. The van der Waals surface area contributed by atoms with Gasteiger partial charge in [-0.2, -0.15) is 0 Å². The highest BCUT2D eigenvalue weighted by molar-refractivity contribution is 7.45. The largest absolute Gasteiger partial charge is 0.756 e. The van der Waals surface area contributed by atoms with Gasteiger partial charge in [0.25, 0.3) is 7.82 Å². The summed E-state index contributed by atoms with van der Waals surface area (Å²) in [6.07, 6.45) is 33.5. The monoisotopic (exact) mass is 882 g/mol. The number of rotatable bonds is 38. The molecule has 1 aliphatic carbocycles. The van der Waals surface area contributed by atoms with Gasteiger partial charge in [0, 0.05) is 31.1 Å². The quantitative estimate of drug-likeness (QED) is 0.0199. The Morgan fingerprint density at radius 3 is 2.05 bits per heavy atom. The van der Waals surface area contributed by atoms with Crippen molar-refractivity contribution >= 4 is 25.5 Å². The number of carbonyl (C=O) groups is 3. The number of ketones is 1. The Balaban J connectivity index is 2.48. The van der Waals surface area contributed by atoms with Gasteiger partial charge in [-0.3, -0.25) is 18.9 Å². The minimum atomic E-state index is -4.70. The van der Waals surface area contributed by atoms with Crippen molar-refractivity contribution in [1.82, 2.24) is 0 Å². The highest BCUT2D eigenvalue weighted by Gasteiger charge is 2.39. The molecule has 13 heteroatoms. The first-order chi connectivity index (χ1) is 29.2. The Hall–Kier alpha value is -2.44. The molecule has 1 unspecified atom stereocenters. The van der Waals surface area contributed by atoms with Crippen LogP contribution in [0.3, 0.4) is 0 Å². The number of Topliss-reactive ketones (excluding diaryl/α,β-unsaturated/α-hetero) is 1. The maximum absolute atomic E-state index is 12.7. The number of phosphoric acid groups is 1. The van der Waals surface area contributed by atoms with Crippen LogP contribution in [0.4, 0.5) is 0 Å². The number of phosphoric ester groups is 1. The van der Waals surface area contributed by atoms with Gasteiger partial charge in [0.05, 0.1) is 40.0 Å². The fourth-order valence-corrected chi connectivity index (χ4v) is 7.63. The van der Waals surface area contributed by atoms with E-state index in [9.17, 15) is 34.1 Å². The van der Waals surface area contributed by atoms with Crippen molar-refractivity contribution in [3.05, 3.63) is 48.6 Å². The van der Waals surface area contributed by atoms with E-state index in [-0.39, 0.29) is 50.1 Å². The van der Waals surface area contributed by atoms with Crippen molar-refractivity contribution in [3.63, 3.8) is 0 Å². The smallest absolute Gasteiger partial charge is 0.306 e. The number of quaternary nitrogens is 1. The van der Waals surface area contributed by atoms with Crippen molar-refractivity contribution in [1.29, 1.82) is 0 Å². The van der Waals surface area contributed by atoms with Gasteiger partial charge in [0.2, 0.25) is 0 Å². The number of likely N-dealkylation sites (N-methyl/N-ethyl adjacent to an activating group) is 1. The molecule has 1 rings (SSSR count). The van der Waals surface area contributed by atoms with Gasteiger partial charge in [-0.1, -0.05) is 127 Å². The number of hydrogen-bond acceptors (Lipinski definition) is 11. The zero-order valence-corrected chi connectivity index (χ0v) is 39.5. The van der Waals surface area contributed by atoms with Crippen LogP contribution in [-0.4, -0.2) is 98.2 Å². The summed E-state index contributed by atoms with van der Waals surface area (Å²) in [4.78, 5) is 50.4. The van der Waals surface area contributed by atoms with Crippen molar-refractivity contribution in [3.8, 4) is 0 Å². The number of unbranched alkanes of at least 4 members (excludes halogenated alkanes) is 13. The number of carbonyl (C=O) groups excluding carboxylic acids is 3. The van der Waals surface area contributed by atoms with E-state index in [2.05, 4.69) is 38.2 Å². The van der Waals surface area contributed by atoms with Crippen LogP contribution in [0, 0.1) is 11.8 Å². The second-order valence-electron chi connectivity index (χ2n) is 17.5. The van der Waals surface area contributed by atoms with Crippen LogP contribution in [0.1, 0.15) is 162 Å². The molecule has 2 N–H and O–H groups in total. The number of ether oxygens (including phenoxy) is 2. The molecular weight excluding hydrogens is 797 g/mol. The van der Waals surface area contributed by atoms with Crippen LogP contribution >= 0.6 is 7.82 Å². The molecule has 0 heterocycles. The van der Waals surface area contributed by atoms with Crippen molar-refractivity contribution in [2.75, 3.05) is 47.5 Å². The van der Waals surface area contributed by atoms with Crippen LogP contribution in [0.25, 0.3) is 0 Å². The van der Waals surface area contributed by atoms with Crippen molar-refractivity contribution in [2.45, 2.75) is 180 Å². The first-order valence-corrected chi connectivity index (χ1v) is 24.9. The van der Waals surface area contributed by atoms with Gasteiger partial charge in [0.1, 0.15) is 25.5 Å². The highest BCUT2D eigenvalue weighted by Crippen LogP contribution is 2.38. The van der Waals surface area contributed by atoms with Gasteiger partial charge < -0.3 is 38.1 Å². The van der Waals surface area contributed by atoms with Crippen molar-refractivity contribution < 1.29 is 57.1 Å². The molecule has 0 aliphatic heterocycles. The second kappa shape index (κ2) is 35.0. The van der Waals surface area contributed by atoms with E-state index in [1.807, 2.05) is 33.3 Å². The second-order valence-corrected chi connectivity index (χ2v) is 19.0. The summed E-state index contributed by atoms with van der Waals surface area (Å²) in [7, 11) is 1.01.